The average molecular weight is 223 g/mol. The van der Waals surface area contributed by atoms with Crippen molar-refractivity contribution in [1.29, 1.82) is 0 Å². The molecule has 0 bridgehead atoms. The van der Waals surface area contributed by atoms with E-state index in [1.165, 1.54) is 6.07 Å². The fraction of sp³-hybridized carbons (Fsp3) is 0.417. The minimum Gasteiger partial charge on any atom is -0.368 e. The number of hydrogen-bond donors (Lipinski definition) is 1. The summed E-state index contributed by atoms with van der Waals surface area (Å²) >= 11 is 0. The first-order valence-electron chi connectivity index (χ1n) is 5.41. The van der Waals surface area contributed by atoms with Gasteiger partial charge in [-0.05, 0) is 30.2 Å². The molecule has 1 aromatic carbocycles. The Bertz CT molecular complexity index is 402. The topological polar surface area (TPSA) is 38.3 Å². The molecule has 1 atom stereocenters. The molecule has 1 amide bonds. The van der Waals surface area contributed by atoms with E-state index in [9.17, 15) is 9.18 Å². The molecule has 1 aromatic rings. The SMILES string of the molecule is CCc1cc(NC(=O)C2CCO2)ccc1F. The summed E-state index contributed by atoms with van der Waals surface area (Å²) in [6.07, 6.45) is 1.03. The van der Waals surface area contributed by atoms with Gasteiger partial charge in [-0.25, -0.2) is 4.39 Å². The molecule has 0 aliphatic carbocycles. The molecule has 0 saturated carbocycles. The second kappa shape index (κ2) is 4.61. The van der Waals surface area contributed by atoms with Gasteiger partial charge in [0.15, 0.2) is 0 Å². The zero-order valence-electron chi connectivity index (χ0n) is 9.13. The normalized spacial score (nSPS) is 19.0. The number of hydrogen-bond acceptors (Lipinski definition) is 2. The predicted molar refractivity (Wildman–Crippen MR) is 58.8 cm³/mol. The molecule has 1 heterocycles. The van der Waals surface area contributed by atoms with Crippen molar-refractivity contribution in [2.75, 3.05) is 11.9 Å². The Balaban J connectivity index is 2.06. The van der Waals surface area contributed by atoms with Crippen LogP contribution < -0.4 is 5.32 Å². The molecule has 1 saturated heterocycles. The second-order valence-corrected chi connectivity index (χ2v) is 3.80. The first kappa shape index (κ1) is 11.1. The van der Waals surface area contributed by atoms with E-state index >= 15 is 0 Å². The Morgan fingerprint density at radius 1 is 1.62 bits per heavy atom. The highest BCUT2D eigenvalue weighted by Gasteiger charge is 2.26. The molecule has 4 heteroatoms. The van der Waals surface area contributed by atoms with E-state index in [0.29, 0.717) is 24.3 Å². The van der Waals surface area contributed by atoms with Crippen molar-refractivity contribution in [3.8, 4) is 0 Å². The summed E-state index contributed by atoms with van der Waals surface area (Å²) in [4.78, 5) is 11.5. The van der Waals surface area contributed by atoms with Gasteiger partial charge in [0.05, 0.1) is 6.61 Å². The second-order valence-electron chi connectivity index (χ2n) is 3.80. The number of anilines is 1. The highest BCUT2D eigenvalue weighted by atomic mass is 19.1. The molecule has 1 aliphatic heterocycles. The molecule has 1 N–H and O–H groups in total. The highest BCUT2D eigenvalue weighted by molar-refractivity contribution is 5.94. The summed E-state index contributed by atoms with van der Waals surface area (Å²) in [5.41, 5.74) is 1.23. The van der Waals surface area contributed by atoms with Gasteiger partial charge in [0, 0.05) is 12.1 Å². The third kappa shape index (κ3) is 2.22. The number of ether oxygens (including phenoxy) is 1. The molecule has 0 aromatic heterocycles. The first-order valence-corrected chi connectivity index (χ1v) is 5.41. The summed E-state index contributed by atoms with van der Waals surface area (Å²) < 4.78 is 18.3. The molecule has 86 valence electrons. The van der Waals surface area contributed by atoms with Gasteiger partial charge < -0.3 is 10.1 Å². The molecule has 16 heavy (non-hydrogen) atoms. The van der Waals surface area contributed by atoms with E-state index in [4.69, 9.17) is 4.74 Å². The molecular weight excluding hydrogens is 209 g/mol. The summed E-state index contributed by atoms with van der Waals surface area (Å²) in [5.74, 6) is -0.389. The lowest BCUT2D eigenvalue weighted by molar-refractivity contribution is -0.139. The Morgan fingerprint density at radius 3 is 2.94 bits per heavy atom. The summed E-state index contributed by atoms with van der Waals surface area (Å²) in [6, 6.07) is 4.59. The largest absolute Gasteiger partial charge is 0.368 e. The van der Waals surface area contributed by atoms with Gasteiger partial charge >= 0.3 is 0 Å². The number of amides is 1. The summed E-state index contributed by atoms with van der Waals surface area (Å²) in [5, 5.41) is 2.72. The summed E-state index contributed by atoms with van der Waals surface area (Å²) in [7, 11) is 0. The molecule has 0 spiro atoms. The number of benzene rings is 1. The van der Waals surface area contributed by atoms with Gasteiger partial charge in [-0.15, -0.1) is 0 Å². The monoisotopic (exact) mass is 223 g/mol. The van der Waals surface area contributed by atoms with Gasteiger partial charge in [0.25, 0.3) is 5.91 Å². The average Bonchev–Trinajstić information content (AvgIpc) is 2.18. The van der Waals surface area contributed by atoms with Crippen molar-refractivity contribution in [1.82, 2.24) is 0 Å². The molecule has 1 fully saturated rings. The van der Waals surface area contributed by atoms with Gasteiger partial charge in [-0.1, -0.05) is 6.92 Å². The summed E-state index contributed by atoms with van der Waals surface area (Å²) in [6.45, 7) is 2.51. The number of carbonyl (C=O) groups excluding carboxylic acids is 1. The maximum atomic E-state index is 13.2. The van der Waals surface area contributed by atoms with Crippen LogP contribution in [0.5, 0.6) is 0 Å². The number of carbonyl (C=O) groups is 1. The van der Waals surface area contributed by atoms with Crippen LogP contribution in [0.1, 0.15) is 18.9 Å². The van der Waals surface area contributed by atoms with Crippen LogP contribution in [0.4, 0.5) is 10.1 Å². The Morgan fingerprint density at radius 2 is 2.38 bits per heavy atom. The van der Waals surface area contributed by atoms with Crippen molar-refractivity contribution in [3.63, 3.8) is 0 Å². The third-order valence-corrected chi connectivity index (χ3v) is 2.69. The van der Waals surface area contributed by atoms with Crippen LogP contribution in [0.15, 0.2) is 18.2 Å². The van der Waals surface area contributed by atoms with Crippen LogP contribution >= 0.6 is 0 Å². The van der Waals surface area contributed by atoms with Gasteiger partial charge in [-0.2, -0.15) is 0 Å². The first-order chi connectivity index (χ1) is 7.70. The molecule has 3 nitrogen and oxygen atoms in total. The molecule has 1 aliphatic rings. The van der Waals surface area contributed by atoms with Gasteiger partial charge in [0.2, 0.25) is 0 Å². The standard InChI is InChI=1S/C12H14FNO2/c1-2-8-7-9(3-4-10(8)13)14-12(15)11-5-6-16-11/h3-4,7,11H,2,5-6H2,1H3,(H,14,15). The van der Waals surface area contributed by atoms with E-state index in [-0.39, 0.29) is 17.8 Å². The fourth-order valence-corrected chi connectivity index (χ4v) is 1.59. The van der Waals surface area contributed by atoms with Crippen molar-refractivity contribution in [3.05, 3.63) is 29.6 Å². The van der Waals surface area contributed by atoms with Crippen molar-refractivity contribution in [2.24, 2.45) is 0 Å². The number of rotatable bonds is 3. The van der Waals surface area contributed by atoms with Crippen LogP contribution in [0, 0.1) is 5.82 Å². The van der Waals surface area contributed by atoms with Crippen LogP contribution in [0.25, 0.3) is 0 Å². The van der Waals surface area contributed by atoms with E-state index in [1.54, 1.807) is 12.1 Å². The predicted octanol–water partition coefficient (Wildman–Crippen LogP) is 2.12. The number of halogens is 1. The smallest absolute Gasteiger partial charge is 0.253 e. The van der Waals surface area contributed by atoms with E-state index in [0.717, 1.165) is 6.42 Å². The molecule has 0 radical (unpaired) electrons. The van der Waals surface area contributed by atoms with Crippen LogP contribution in [0.2, 0.25) is 0 Å². The van der Waals surface area contributed by atoms with Crippen molar-refractivity contribution < 1.29 is 13.9 Å². The Hall–Kier alpha value is -1.42. The minimum absolute atomic E-state index is 0.153. The zero-order chi connectivity index (χ0) is 11.5. The maximum absolute atomic E-state index is 13.2. The minimum atomic E-state index is -0.338. The Kier molecular flexibility index (Phi) is 3.19. The molecule has 2 rings (SSSR count). The third-order valence-electron chi connectivity index (χ3n) is 2.69. The quantitative estimate of drug-likeness (QED) is 0.852. The van der Waals surface area contributed by atoms with Gasteiger partial charge in [-0.3, -0.25) is 4.79 Å². The fourth-order valence-electron chi connectivity index (χ4n) is 1.59. The number of nitrogens with one attached hydrogen (secondary N) is 1. The lowest BCUT2D eigenvalue weighted by atomic mass is 10.1. The zero-order valence-corrected chi connectivity index (χ0v) is 9.13. The van der Waals surface area contributed by atoms with E-state index < -0.39 is 0 Å². The lowest BCUT2D eigenvalue weighted by Gasteiger charge is -2.25. The van der Waals surface area contributed by atoms with Crippen LogP contribution in [-0.2, 0) is 16.0 Å². The van der Waals surface area contributed by atoms with Crippen LogP contribution in [-0.4, -0.2) is 18.6 Å². The van der Waals surface area contributed by atoms with Gasteiger partial charge in [0.1, 0.15) is 11.9 Å². The highest BCUT2D eigenvalue weighted by Crippen LogP contribution is 2.18. The van der Waals surface area contributed by atoms with Crippen molar-refractivity contribution >= 4 is 11.6 Å². The van der Waals surface area contributed by atoms with Crippen LogP contribution in [0.3, 0.4) is 0 Å². The van der Waals surface area contributed by atoms with E-state index in [2.05, 4.69) is 5.32 Å². The maximum Gasteiger partial charge on any atom is 0.253 e. The molecule has 1 unspecified atom stereocenters. The lowest BCUT2D eigenvalue weighted by Crippen LogP contribution is -2.38. The molecular formula is C12H14FNO2. The Labute approximate surface area is 93.6 Å². The van der Waals surface area contributed by atoms with E-state index in [1.807, 2.05) is 6.92 Å². The number of aryl methyl sites for hydroxylation is 1. The van der Waals surface area contributed by atoms with Crippen molar-refractivity contribution in [2.45, 2.75) is 25.9 Å².